The monoisotopic (exact) mass is 219 g/mol. The molecule has 0 spiro atoms. The van der Waals surface area contributed by atoms with E-state index in [4.69, 9.17) is 12.2 Å². The number of carbonyl (C=O) groups excluding carboxylic acids is 2. The highest BCUT2D eigenvalue weighted by Crippen LogP contribution is 2.24. The number of amides is 2. The van der Waals surface area contributed by atoms with Crippen LogP contribution in [0.15, 0.2) is 30.3 Å². The molecule has 1 heterocycles. The van der Waals surface area contributed by atoms with Crippen LogP contribution in [0.3, 0.4) is 0 Å². The Labute approximate surface area is 92.7 Å². The summed E-state index contributed by atoms with van der Waals surface area (Å²) in [6, 6.07) is 8.90. The fraction of sp³-hybridized carbons (Fsp3) is 0.182. The van der Waals surface area contributed by atoms with Gasteiger partial charge in [-0.15, -0.1) is 0 Å². The van der Waals surface area contributed by atoms with E-state index in [-0.39, 0.29) is 18.2 Å². The second kappa shape index (κ2) is 3.90. The molecule has 1 saturated heterocycles. The molecule has 2 rings (SSSR count). The zero-order valence-electron chi connectivity index (χ0n) is 7.92. The Hall–Kier alpha value is -1.55. The van der Waals surface area contributed by atoms with Gasteiger partial charge in [0.1, 0.15) is 0 Å². The second-order valence-corrected chi connectivity index (χ2v) is 3.62. The summed E-state index contributed by atoms with van der Waals surface area (Å²) >= 11 is 4.72. The minimum absolute atomic E-state index is 0.183. The molecule has 1 aromatic carbocycles. The van der Waals surface area contributed by atoms with Crippen molar-refractivity contribution in [2.45, 2.75) is 6.42 Å². The summed E-state index contributed by atoms with van der Waals surface area (Å²) in [5, 5.41) is 1.36. The van der Waals surface area contributed by atoms with Gasteiger partial charge >= 0.3 is 0 Å². The Morgan fingerprint density at radius 1 is 1.27 bits per heavy atom. The van der Waals surface area contributed by atoms with Crippen molar-refractivity contribution >= 4 is 35.1 Å². The van der Waals surface area contributed by atoms with Gasteiger partial charge in [-0.1, -0.05) is 30.4 Å². The lowest BCUT2D eigenvalue weighted by Crippen LogP contribution is -2.30. The van der Waals surface area contributed by atoms with Crippen molar-refractivity contribution in [2.75, 3.05) is 4.90 Å². The van der Waals surface area contributed by atoms with E-state index in [2.05, 4.69) is 0 Å². The highest BCUT2D eigenvalue weighted by molar-refractivity contribution is 7.79. The van der Waals surface area contributed by atoms with Gasteiger partial charge in [0.05, 0.1) is 11.6 Å². The van der Waals surface area contributed by atoms with Gasteiger partial charge in [-0.05, 0) is 17.5 Å². The van der Waals surface area contributed by atoms with Crippen LogP contribution in [0.2, 0.25) is 0 Å². The summed E-state index contributed by atoms with van der Waals surface area (Å²) in [5.74, 6) is -0.841. The Bertz CT molecular complexity index is 416. The largest absolute Gasteiger partial charge is 0.274 e. The maximum atomic E-state index is 11.8. The first-order valence-electron chi connectivity index (χ1n) is 4.61. The highest BCUT2D eigenvalue weighted by atomic mass is 32.1. The smallest absolute Gasteiger partial charge is 0.242 e. The van der Waals surface area contributed by atoms with Crippen LogP contribution in [-0.2, 0) is 9.59 Å². The van der Waals surface area contributed by atoms with Crippen molar-refractivity contribution in [3.05, 3.63) is 30.3 Å². The van der Waals surface area contributed by atoms with Crippen LogP contribution in [0.5, 0.6) is 0 Å². The summed E-state index contributed by atoms with van der Waals surface area (Å²) in [6.07, 6.45) is 0.192. The molecule has 0 aliphatic carbocycles. The zero-order valence-corrected chi connectivity index (χ0v) is 8.74. The second-order valence-electron chi connectivity index (χ2n) is 3.35. The number of benzene rings is 1. The van der Waals surface area contributed by atoms with Crippen LogP contribution >= 0.6 is 12.2 Å². The van der Waals surface area contributed by atoms with E-state index in [1.54, 1.807) is 24.3 Å². The molecule has 0 N–H and O–H groups in total. The molecule has 15 heavy (non-hydrogen) atoms. The third-order valence-electron chi connectivity index (χ3n) is 2.36. The molecular formula is C11H9NO2S. The van der Waals surface area contributed by atoms with Gasteiger partial charge in [0, 0.05) is 6.42 Å². The SMILES string of the molecule is O=C1CC(C=S)C(=O)N1c1ccccc1. The standard InChI is InChI=1S/C11H9NO2S/c13-10-6-8(7-15)11(14)12(10)9-4-2-1-3-5-9/h1-5,7-8H,6H2. The van der Waals surface area contributed by atoms with Crippen molar-refractivity contribution in [1.82, 2.24) is 0 Å². The van der Waals surface area contributed by atoms with Gasteiger partial charge in [-0.25, -0.2) is 0 Å². The summed E-state index contributed by atoms with van der Waals surface area (Å²) in [4.78, 5) is 24.5. The molecule has 2 amide bonds. The molecule has 4 heteroatoms. The minimum Gasteiger partial charge on any atom is -0.274 e. The van der Waals surface area contributed by atoms with E-state index < -0.39 is 5.92 Å². The van der Waals surface area contributed by atoms with E-state index in [1.165, 1.54) is 10.3 Å². The summed E-state index contributed by atoms with van der Waals surface area (Å²) < 4.78 is 0. The first-order valence-corrected chi connectivity index (χ1v) is 5.08. The van der Waals surface area contributed by atoms with E-state index >= 15 is 0 Å². The quantitative estimate of drug-likeness (QED) is 0.559. The number of hydrogen-bond acceptors (Lipinski definition) is 3. The van der Waals surface area contributed by atoms with Gasteiger partial charge in [0.15, 0.2) is 0 Å². The normalized spacial score (nSPS) is 20.8. The number of para-hydroxylation sites is 1. The van der Waals surface area contributed by atoms with Gasteiger partial charge in [0.25, 0.3) is 0 Å². The number of carbonyl (C=O) groups is 2. The van der Waals surface area contributed by atoms with E-state index in [0.29, 0.717) is 5.69 Å². The Balaban J connectivity index is 2.35. The first-order chi connectivity index (χ1) is 7.24. The van der Waals surface area contributed by atoms with Crippen LogP contribution in [0.4, 0.5) is 5.69 Å². The molecule has 1 fully saturated rings. The van der Waals surface area contributed by atoms with Gasteiger partial charge in [-0.2, -0.15) is 0 Å². The maximum absolute atomic E-state index is 11.8. The average Bonchev–Trinajstić information content (AvgIpc) is 2.55. The van der Waals surface area contributed by atoms with E-state index in [0.717, 1.165) is 0 Å². The molecule has 0 aromatic heterocycles. The van der Waals surface area contributed by atoms with Crippen molar-refractivity contribution in [2.24, 2.45) is 5.92 Å². The molecule has 1 unspecified atom stereocenters. The first kappa shape index (κ1) is 9.98. The lowest BCUT2D eigenvalue weighted by molar-refractivity contribution is -0.121. The Kier molecular flexibility index (Phi) is 2.60. The van der Waals surface area contributed by atoms with Crippen LogP contribution < -0.4 is 4.90 Å². The number of anilines is 1. The summed E-state index contributed by atoms with van der Waals surface area (Å²) in [5.41, 5.74) is 0.617. The van der Waals surface area contributed by atoms with Crippen molar-refractivity contribution in [1.29, 1.82) is 0 Å². The maximum Gasteiger partial charge on any atom is 0.242 e. The molecule has 0 radical (unpaired) electrons. The van der Waals surface area contributed by atoms with Gasteiger partial charge in [-0.3, -0.25) is 14.5 Å². The predicted molar refractivity (Wildman–Crippen MR) is 60.7 cm³/mol. The van der Waals surface area contributed by atoms with Crippen LogP contribution in [0, 0.1) is 5.92 Å². The van der Waals surface area contributed by atoms with E-state index in [1.807, 2.05) is 6.07 Å². The molecule has 1 aliphatic rings. The Morgan fingerprint density at radius 2 is 1.93 bits per heavy atom. The van der Waals surface area contributed by atoms with Crippen molar-refractivity contribution < 1.29 is 9.59 Å². The number of thiocarbonyl (C=S) groups is 1. The fourth-order valence-corrected chi connectivity index (χ4v) is 1.82. The molecule has 0 bridgehead atoms. The zero-order chi connectivity index (χ0) is 10.8. The van der Waals surface area contributed by atoms with Crippen LogP contribution in [-0.4, -0.2) is 17.2 Å². The third kappa shape index (κ3) is 1.68. The molecule has 3 nitrogen and oxygen atoms in total. The molecule has 0 saturated carbocycles. The topological polar surface area (TPSA) is 37.4 Å². The third-order valence-corrected chi connectivity index (χ3v) is 2.69. The van der Waals surface area contributed by atoms with Gasteiger partial charge < -0.3 is 0 Å². The van der Waals surface area contributed by atoms with Gasteiger partial charge in [0.2, 0.25) is 11.8 Å². The molecule has 1 atom stereocenters. The Morgan fingerprint density at radius 3 is 2.47 bits per heavy atom. The fourth-order valence-electron chi connectivity index (χ4n) is 1.61. The molecule has 1 aliphatic heterocycles. The average molecular weight is 219 g/mol. The molecule has 1 aromatic rings. The highest BCUT2D eigenvalue weighted by Gasteiger charge is 2.37. The summed E-state index contributed by atoms with van der Waals surface area (Å²) in [6.45, 7) is 0. The van der Waals surface area contributed by atoms with Crippen LogP contribution in [0.1, 0.15) is 6.42 Å². The van der Waals surface area contributed by atoms with Crippen molar-refractivity contribution in [3.63, 3.8) is 0 Å². The number of nitrogens with zero attached hydrogens (tertiary/aromatic N) is 1. The molecular weight excluding hydrogens is 210 g/mol. The van der Waals surface area contributed by atoms with Crippen molar-refractivity contribution in [3.8, 4) is 0 Å². The lowest BCUT2D eigenvalue weighted by Gasteiger charge is -2.13. The minimum atomic E-state index is -0.437. The van der Waals surface area contributed by atoms with E-state index in [9.17, 15) is 9.59 Å². The van der Waals surface area contributed by atoms with Crippen LogP contribution in [0.25, 0.3) is 0 Å². The lowest BCUT2D eigenvalue weighted by atomic mass is 10.1. The number of rotatable bonds is 2. The number of imide groups is 1. The molecule has 76 valence electrons. The number of hydrogen-bond donors (Lipinski definition) is 0. The predicted octanol–water partition coefficient (Wildman–Crippen LogP) is 1.57. The summed E-state index contributed by atoms with van der Waals surface area (Å²) in [7, 11) is 0.